The normalized spacial score (nSPS) is 15.1. The van der Waals surface area contributed by atoms with Gasteiger partial charge >= 0.3 is 0 Å². The van der Waals surface area contributed by atoms with Gasteiger partial charge in [0.05, 0.1) is 24.0 Å². The first kappa shape index (κ1) is 13.6. The van der Waals surface area contributed by atoms with Crippen molar-refractivity contribution in [3.8, 4) is 0 Å². The Bertz CT molecular complexity index is 881. The van der Waals surface area contributed by atoms with Crippen LogP contribution in [0.1, 0.15) is 16.1 Å². The Morgan fingerprint density at radius 3 is 3.05 bits per heavy atom. The zero-order chi connectivity index (χ0) is 15.1. The van der Waals surface area contributed by atoms with Crippen molar-refractivity contribution in [1.29, 1.82) is 5.41 Å². The van der Waals surface area contributed by atoms with E-state index in [0.29, 0.717) is 12.0 Å². The van der Waals surface area contributed by atoms with Crippen molar-refractivity contribution in [3.63, 3.8) is 0 Å². The highest BCUT2D eigenvalue weighted by Crippen LogP contribution is 2.31. The molecule has 0 bridgehead atoms. The molecule has 1 aliphatic heterocycles. The van der Waals surface area contributed by atoms with Crippen LogP contribution in [0.3, 0.4) is 0 Å². The van der Waals surface area contributed by atoms with E-state index in [-0.39, 0.29) is 0 Å². The van der Waals surface area contributed by atoms with Gasteiger partial charge in [-0.1, -0.05) is 6.07 Å². The Hall–Kier alpha value is -2.05. The highest BCUT2D eigenvalue weighted by atomic mass is 32.1. The molecule has 0 aromatic carbocycles. The molecular formula is C16H17N5S. The van der Waals surface area contributed by atoms with Crippen molar-refractivity contribution in [2.45, 2.75) is 19.5 Å². The number of hydrogen-bond acceptors (Lipinski definition) is 5. The van der Waals surface area contributed by atoms with Gasteiger partial charge in [0.1, 0.15) is 10.3 Å². The molecule has 0 saturated carbocycles. The average Bonchev–Trinajstić information content (AvgIpc) is 2.89. The number of nitrogens with zero attached hydrogens (tertiary/aromatic N) is 4. The molecule has 3 aromatic rings. The molecule has 0 amide bonds. The highest BCUT2D eigenvalue weighted by Gasteiger charge is 2.21. The molecule has 0 fully saturated rings. The molecule has 22 heavy (non-hydrogen) atoms. The van der Waals surface area contributed by atoms with E-state index in [1.165, 1.54) is 10.4 Å². The lowest BCUT2D eigenvalue weighted by molar-refractivity contribution is 0.318. The fourth-order valence-electron chi connectivity index (χ4n) is 2.96. The van der Waals surface area contributed by atoms with Gasteiger partial charge in [0.2, 0.25) is 0 Å². The molecule has 0 saturated heterocycles. The van der Waals surface area contributed by atoms with Gasteiger partial charge in [0.15, 0.2) is 0 Å². The summed E-state index contributed by atoms with van der Waals surface area (Å²) in [6.45, 7) is 2.61. The molecule has 5 nitrogen and oxygen atoms in total. The molecule has 0 aliphatic carbocycles. The Morgan fingerprint density at radius 1 is 1.32 bits per heavy atom. The van der Waals surface area contributed by atoms with E-state index in [1.807, 2.05) is 22.8 Å². The number of aromatic nitrogens is 3. The molecule has 112 valence electrons. The largest absolute Gasteiger partial charge is 0.311 e. The topological polar surface area (TPSA) is 57.8 Å². The summed E-state index contributed by atoms with van der Waals surface area (Å²) in [7, 11) is 2.14. The van der Waals surface area contributed by atoms with Gasteiger partial charge in [0, 0.05) is 24.2 Å². The minimum atomic E-state index is 0.553. The number of fused-ring (bicyclic) bond motifs is 3. The Kier molecular flexibility index (Phi) is 3.28. The van der Waals surface area contributed by atoms with Crippen LogP contribution in [-0.4, -0.2) is 33.0 Å². The van der Waals surface area contributed by atoms with Gasteiger partial charge in [-0.3, -0.25) is 10.4 Å². The molecule has 3 aromatic heterocycles. The molecule has 4 rings (SSSR count). The van der Waals surface area contributed by atoms with E-state index in [4.69, 9.17) is 5.41 Å². The maximum Gasteiger partial charge on any atom is 0.137 e. The van der Waals surface area contributed by atoms with Crippen molar-refractivity contribution in [2.75, 3.05) is 13.6 Å². The Morgan fingerprint density at radius 2 is 2.23 bits per heavy atom. The number of likely N-dealkylation sites (N-methyl/N-ethyl adjacent to an activating group) is 1. The summed E-state index contributed by atoms with van der Waals surface area (Å²) >= 11 is 1.73. The maximum absolute atomic E-state index is 8.58. The minimum absolute atomic E-state index is 0.553. The minimum Gasteiger partial charge on any atom is -0.311 e. The molecule has 0 radical (unpaired) electrons. The van der Waals surface area contributed by atoms with Crippen molar-refractivity contribution in [1.82, 2.24) is 19.4 Å². The van der Waals surface area contributed by atoms with E-state index in [9.17, 15) is 0 Å². The summed E-state index contributed by atoms with van der Waals surface area (Å²) in [6, 6.07) is 5.86. The first-order valence-corrected chi connectivity index (χ1v) is 8.17. The van der Waals surface area contributed by atoms with Crippen LogP contribution in [-0.2, 0) is 19.5 Å². The standard InChI is InChI=1S/C16H17N5S/c1-20-7-5-12-13(9-20)22-16-14(12)15(17)21(10-19-16)8-11-4-2-3-6-18-11/h2-4,6,10,17H,5,7-9H2,1H3. The Labute approximate surface area is 132 Å². The second-order valence-corrected chi connectivity index (χ2v) is 6.80. The predicted octanol–water partition coefficient (Wildman–Crippen LogP) is 2.01. The van der Waals surface area contributed by atoms with E-state index in [0.717, 1.165) is 35.4 Å². The molecule has 6 heteroatoms. The third-order valence-electron chi connectivity index (χ3n) is 4.13. The number of thiophene rings is 1. The molecule has 0 atom stereocenters. The second-order valence-electron chi connectivity index (χ2n) is 5.71. The number of hydrogen-bond donors (Lipinski definition) is 1. The highest BCUT2D eigenvalue weighted by molar-refractivity contribution is 7.18. The van der Waals surface area contributed by atoms with Crippen LogP contribution < -0.4 is 5.49 Å². The van der Waals surface area contributed by atoms with Crippen LogP contribution in [0.2, 0.25) is 0 Å². The maximum atomic E-state index is 8.58. The fraction of sp³-hybridized carbons (Fsp3) is 0.312. The van der Waals surface area contributed by atoms with Gasteiger partial charge in [-0.05, 0) is 31.2 Å². The van der Waals surface area contributed by atoms with Gasteiger partial charge in [0.25, 0.3) is 0 Å². The number of rotatable bonds is 2. The average molecular weight is 311 g/mol. The lowest BCUT2D eigenvalue weighted by Crippen LogP contribution is -2.27. The van der Waals surface area contributed by atoms with Crippen LogP contribution in [0.25, 0.3) is 10.2 Å². The SMILES string of the molecule is CN1CCc2c(sc3ncn(Cc4ccccn4)c(=N)c23)C1. The third kappa shape index (κ3) is 2.24. The van der Waals surface area contributed by atoms with E-state index in [1.54, 1.807) is 23.9 Å². The zero-order valence-corrected chi connectivity index (χ0v) is 13.2. The van der Waals surface area contributed by atoms with E-state index in [2.05, 4.69) is 21.9 Å². The second kappa shape index (κ2) is 5.30. The molecular weight excluding hydrogens is 294 g/mol. The summed E-state index contributed by atoms with van der Waals surface area (Å²) in [6.07, 6.45) is 4.56. The summed E-state index contributed by atoms with van der Waals surface area (Å²) < 4.78 is 1.88. The quantitative estimate of drug-likeness (QED) is 0.787. The van der Waals surface area contributed by atoms with E-state index >= 15 is 0 Å². The first-order chi connectivity index (χ1) is 10.7. The Balaban J connectivity index is 1.82. The summed E-state index contributed by atoms with van der Waals surface area (Å²) in [5.41, 5.74) is 2.83. The zero-order valence-electron chi connectivity index (χ0n) is 12.4. The predicted molar refractivity (Wildman–Crippen MR) is 86.8 cm³/mol. The van der Waals surface area contributed by atoms with Crippen LogP contribution in [0.4, 0.5) is 0 Å². The van der Waals surface area contributed by atoms with Crippen LogP contribution in [0.5, 0.6) is 0 Å². The first-order valence-electron chi connectivity index (χ1n) is 7.35. The van der Waals surface area contributed by atoms with Gasteiger partial charge in [-0.2, -0.15) is 0 Å². The summed E-state index contributed by atoms with van der Waals surface area (Å²) in [4.78, 5) is 13.6. The van der Waals surface area contributed by atoms with Crippen molar-refractivity contribution < 1.29 is 0 Å². The fourth-order valence-corrected chi connectivity index (χ4v) is 4.23. The number of nitrogens with one attached hydrogen (secondary N) is 1. The molecule has 4 heterocycles. The van der Waals surface area contributed by atoms with Crippen LogP contribution >= 0.6 is 11.3 Å². The van der Waals surface area contributed by atoms with Crippen molar-refractivity contribution in [3.05, 3.63) is 52.3 Å². The molecule has 1 N–H and O–H groups in total. The van der Waals surface area contributed by atoms with E-state index < -0.39 is 0 Å². The monoisotopic (exact) mass is 311 g/mol. The molecule has 0 spiro atoms. The smallest absolute Gasteiger partial charge is 0.137 e. The summed E-state index contributed by atoms with van der Waals surface area (Å²) in [5.74, 6) is 0. The van der Waals surface area contributed by atoms with Gasteiger partial charge < -0.3 is 9.47 Å². The lowest BCUT2D eigenvalue weighted by atomic mass is 10.1. The van der Waals surface area contributed by atoms with Crippen LogP contribution in [0.15, 0.2) is 30.7 Å². The van der Waals surface area contributed by atoms with Gasteiger partial charge in [-0.15, -0.1) is 11.3 Å². The van der Waals surface area contributed by atoms with Crippen molar-refractivity contribution >= 4 is 21.6 Å². The number of pyridine rings is 1. The summed E-state index contributed by atoms with van der Waals surface area (Å²) in [5, 5.41) is 9.62. The van der Waals surface area contributed by atoms with Gasteiger partial charge in [-0.25, -0.2) is 4.98 Å². The van der Waals surface area contributed by atoms with Crippen molar-refractivity contribution in [2.24, 2.45) is 0 Å². The lowest BCUT2D eigenvalue weighted by Gasteiger charge is -2.21. The molecule has 1 aliphatic rings. The van der Waals surface area contributed by atoms with Crippen LogP contribution in [0, 0.1) is 5.41 Å². The third-order valence-corrected chi connectivity index (χ3v) is 5.25. The molecule has 0 unspecified atom stereocenters.